The summed E-state index contributed by atoms with van der Waals surface area (Å²) in [6.07, 6.45) is 2.55. The average molecular weight is 434 g/mol. The highest BCUT2D eigenvalue weighted by molar-refractivity contribution is 6.16. The smallest absolute Gasteiger partial charge is 0.290 e. The number of unbranched alkanes of at least 4 members (excludes halogenated alkanes) is 1. The van der Waals surface area contributed by atoms with Crippen LogP contribution in [0.25, 0.3) is 11.0 Å². The van der Waals surface area contributed by atoms with E-state index in [-0.39, 0.29) is 11.3 Å². The lowest BCUT2D eigenvalue weighted by molar-refractivity contribution is -0.129. The minimum absolute atomic E-state index is 0.0485. The Hall–Kier alpha value is -3.54. The van der Waals surface area contributed by atoms with Crippen LogP contribution in [0.3, 0.4) is 0 Å². The van der Waals surface area contributed by atoms with Gasteiger partial charge >= 0.3 is 0 Å². The molecule has 166 valence electrons. The van der Waals surface area contributed by atoms with Gasteiger partial charge in [0, 0.05) is 11.9 Å². The molecular weight excluding hydrogens is 406 g/mol. The van der Waals surface area contributed by atoms with Crippen molar-refractivity contribution in [2.45, 2.75) is 39.2 Å². The number of fused-ring (bicyclic) bond motifs is 1. The van der Waals surface area contributed by atoms with Crippen LogP contribution in [0, 0.1) is 0 Å². The van der Waals surface area contributed by atoms with Gasteiger partial charge in [-0.3, -0.25) is 9.59 Å². The molecule has 1 aromatic heterocycles. The topological polar surface area (TPSA) is 80.0 Å². The van der Waals surface area contributed by atoms with E-state index in [1.165, 1.54) is 0 Å². The summed E-state index contributed by atoms with van der Waals surface area (Å²) in [5.41, 5.74) is 1.37. The zero-order chi connectivity index (χ0) is 22.7. The van der Waals surface area contributed by atoms with Gasteiger partial charge in [-0.25, -0.2) is 0 Å². The van der Waals surface area contributed by atoms with E-state index in [2.05, 4.69) is 0 Å². The minimum Gasteiger partial charge on any atom is -0.503 e. The standard InChI is InChI=1S/C26H27NO5/c1-3-5-14-27-23(17-10-12-19(13-11-17)31-15-4-2)22(25(29)26(27)30)24(28)21-16-18-8-6-7-9-20(18)32-21/h6-13,16,23,29H,3-5,14-15H2,1-2H3. The van der Waals surface area contributed by atoms with Gasteiger partial charge in [0.1, 0.15) is 11.3 Å². The molecule has 2 aromatic carbocycles. The Kier molecular flexibility index (Phi) is 6.30. The fourth-order valence-electron chi connectivity index (χ4n) is 3.98. The SMILES string of the molecule is CCCCN1C(=O)C(O)=C(C(=O)c2cc3ccccc3o2)C1c1ccc(OCCC)cc1. The molecule has 6 heteroatoms. The van der Waals surface area contributed by atoms with Crippen molar-refractivity contribution in [3.05, 3.63) is 77.3 Å². The summed E-state index contributed by atoms with van der Waals surface area (Å²) in [4.78, 5) is 28.0. The second-order valence-corrected chi connectivity index (χ2v) is 7.91. The maximum Gasteiger partial charge on any atom is 0.290 e. The van der Waals surface area contributed by atoms with Gasteiger partial charge in [0.25, 0.3) is 5.91 Å². The van der Waals surface area contributed by atoms with E-state index in [1.54, 1.807) is 17.0 Å². The molecule has 32 heavy (non-hydrogen) atoms. The highest BCUT2D eigenvalue weighted by Crippen LogP contribution is 2.40. The number of ether oxygens (including phenoxy) is 1. The molecule has 1 N–H and O–H groups in total. The molecule has 0 aliphatic carbocycles. The molecule has 4 rings (SSSR count). The summed E-state index contributed by atoms with van der Waals surface area (Å²) in [6.45, 7) is 5.12. The van der Waals surface area contributed by atoms with E-state index in [9.17, 15) is 14.7 Å². The Morgan fingerprint density at radius 3 is 2.53 bits per heavy atom. The van der Waals surface area contributed by atoms with Crippen molar-refractivity contribution in [3.8, 4) is 5.75 Å². The Labute approximate surface area is 187 Å². The highest BCUT2D eigenvalue weighted by Gasteiger charge is 2.44. The summed E-state index contributed by atoms with van der Waals surface area (Å²) in [6, 6.07) is 15.6. The number of Topliss-reactive ketones (excluding diaryl/α,β-unsaturated/α-hetero) is 1. The molecule has 2 heterocycles. The van der Waals surface area contributed by atoms with Crippen LogP contribution in [0.15, 0.2) is 70.3 Å². The third kappa shape index (κ3) is 4.00. The molecule has 6 nitrogen and oxygen atoms in total. The lowest BCUT2D eigenvalue weighted by atomic mass is 9.95. The zero-order valence-electron chi connectivity index (χ0n) is 18.3. The van der Waals surface area contributed by atoms with Gasteiger partial charge in [-0.1, -0.05) is 50.6 Å². The maximum atomic E-state index is 13.5. The molecule has 1 amide bonds. The van der Waals surface area contributed by atoms with Gasteiger partial charge in [-0.15, -0.1) is 0 Å². The number of furan rings is 1. The second-order valence-electron chi connectivity index (χ2n) is 7.91. The van der Waals surface area contributed by atoms with Gasteiger partial charge < -0.3 is 19.2 Å². The fourth-order valence-corrected chi connectivity index (χ4v) is 3.98. The molecule has 1 aliphatic rings. The van der Waals surface area contributed by atoms with Crippen molar-refractivity contribution in [1.82, 2.24) is 4.90 Å². The number of nitrogens with zero attached hydrogens (tertiary/aromatic N) is 1. The van der Waals surface area contributed by atoms with Crippen molar-refractivity contribution < 1.29 is 23.8 Å². The first kappa shape index (κ1) is 21.7. The Morgan fingerprint density at radius 2 is 1.84 bits per heavy atom. The molecule has 1 atom stereocenters. The van der Waals surface area contributed by atoms with Gasteiger partial charge in [0.05, 0.1) is 18.2 Å². The molecule has 0 fully saturated rings. The summed E-state index contributed by atoms with van der Waals surface area (Å²) < 4.78 is 11.4. The zero-order valence-corrected chi connectivity index (χ0v) is 18.3. The van der Waals surface area contributed by atoms with Crippen LogP contribution in [0.5, 0.6) is 5.75 Å². The molecule has 0 bridgehead atoms. The van der Waals surface area contributed by atoms with Gasteiger partial charge in [-0.2, -0.15) is 0 Å². The number of para-hydroxylation sites is 1. The van der Waals surface area contributed by atoms with E-state index in [0.29, 0.717) is 18.7 Å². The third-order valence-corrected chi connectivity index (χ3v) is 5.62. The molecule has 0 saturated carbocycles. The fraction of sp³-hybridized carbons (Fsp3) is 0.308. The van der Waals surface area contributed by atoms with E-state index in [0.717, 1.165) is 36.0 Å². The number of amides is 1. The monoisotopic (exact) mass is 433 g/mol. The first-order valence-electron chi connectivity index (χ1n) is 11.0. The molecule has 3 aromatic rings. The lowest BCUT2D eigenvalue weighted by Gasteiger charge is -2.26. The molecule has 1 aliphatic heterocycles. The van der Waals surface area contributed by atoms with Crippen LogP contribution in [-0.2, 0) is 4.79 Å². The summed E-state index contributed by atoms with van der Waals surface area (Å²) in [5, 5.41) is 11.5. The van der Waals surface area contributed by atoms with Crippen molar-refractivity contribution >= 4 is 22.7 Å². The van der Waals surface area contributed by atoms with Crippen LogP contribution in [0.1, 0.15) is 55.3 Å². The molecule has 0 radical (unpaired) electrons. The number of rotatable bonds is 9. The largest absolute Gasteiger partial charge is 0.503 e. The van der Waals surface area contributed by atoms with E-state index in [4.69, 9.17) is 9.15 Å². The van der Waals surface area contributed by atoms with Crippen LogP contribution in [-0.4, -0.2) is 34.8 Å². The second kappa shape index (κ2) is 9.30. The predicted molar refractivity (Wildman–Crippen MR) is 122 cm³/mol. The predicted octanol–water partition coefficient (Wildman–Crippen LogP) is 5.60. The highest BCUT2D eigenvalue weighted by atomic mass is 16.5. The summed E-state index contributed by atoms with van der Waals surface area (Å²) in [7, 11) is 0. The minimum atomic E-state index is -0.685. The van der Waals surface area contributed by atoms with E-state index >= 15 is 0 Å². The van der Waals surface area contributed by atoms with Crippen LogP contribution in [0.4, 0.5) is 0 Å². The van der Waals surface area contributed by atoms with Crippen LogP contribution < -0.4 is 4.74 Å². The molecular formula is C26H27NO5. The number of benzene rings is 2. The molecule has 0 spiro atoms. The Balaban J connectivity index is 1.73. The first-order chi connectivity index (χ1) is 15.5. The van der Waals surface area contributed by atoms with E-state index < -0.39 is 23.5 Å². The van der Waals surface area contributed by atoms with Gasteiger partial charge in [-0.05, 0) is 42.7 Å². The quantitative estimate of drug-likeness (QED) is 0.444. The number of carbonyl (C=O) groups is 2. The number of ketones is 1. The molecule has 1 unspecified atom stereocenters. The van der Waals surface area contributed by atoms with Gasteiger partial charge in [0.2, 0.25) is 5.78 Å². The first-order valence-corrected chi connectivity index (χ1v) is 11.0. The van der Waals surface area contributed by atoms with Crippen LogP contribution >= 0.6 is 0 Å². The van der Waals surface area contributed by atoms with Crippen molar-refractivity contribution in [1.29, 1.82) is 0 Å². The third-order valence-electron chi connectivity index (χ3n) is 5.62. The van der Waals surface area contributed by atoms with Crippen LogP contribution in [0.2, 0.25) is 0 Å². The Morgan fingerprint density at radius 1 is 1.09 bits per heavy atom. The van der Waals surface area contributed by atoms with E-state index in [1.807, 2.05) is 56.3 Å². The normalized spacial score (nSPS) is 16.2. The van der Waals surface area contributed by atoms with Crippen molar-refractivity contribution in [2.75, 3.05) is 13.2 Å². The lowest BCUT2D eigenvalue weighted by Crippen LogP contribution is -2.32. The number of aliphatic hydroxyl groups is 1. The summed E-state index contributed by atoms with van der Waals surface area (Å²) in [5.74, 6) is -0.705. The summed E-state index contributed by atoms with van der Waals surface area (Å²) >= 11 is 0. The number of hydrogen-bond donors (Lipinski definition) is 1. The maximum absolute atomic E-state index is 13.5. The van der Waals surface area contributed by atoms with Gasteiger partial charge in [0.15, 0.2) is 11.5 Å². The van der Waals surface area contributed by atoms with Crippen molar-refractivity contribution in [2.24, 2.45) is 0 Å². The Bertz CT molecular complexity index is 1130. The molecule has 0 saturated heterocycles. The average Bonchev–Trinajstić information content (AvgIpc) is 3.36. The van der Waals surface area contributed by atoms with Crippen molar-refractivity contribution in [3.63, 3.8) is 0 Å². The number of carbonyl (C=O) groups excluding carboxylic acids is 2. The number of aliphatic hydroxyl groups excluding tert-OH is 1. The number of hydrogen-bond acceptors (Lipinski definition) is 5.